The minimum Gasteiger partial charge on any atom is -0.444 e. The summed E-state index contributed by atoms with van der Waals surface area (Å²) in [4.78, 5) is 27.1. The lowest BCUT2D eigenvalue weighted by atomic mass is 9.91. The van der Waals surface area contributed by atoms with E-state index in [9.17, 15) is 14.7 Å². The first kappa shape index (κ1) is 21.3. The molecule has 2 heterocycles. The second-order valence-corrected chi connectivity index (χ2v) is 8.54. The second-order valence-electron chi connectivity index (χ2n) is 8.54. The molecule has 1 fully saturated rings. The van der Waals surface area contributed by atoms with Crippen molar-refractivity contribution in [3.63, 3.8) is 0 Å². The van der Waals surface area contributed by atoms with Crippen molar-refractivity contribution < 1.29 is 24.2 Å². The molecular formula is C22H30N2O5. The zero-order chi connectivity index (χ0) is 21.2. The van der Waals surface area contributed by atoms with Crippen molar-refractivity contribution in [3.8, 4) is 0 Å². The third kappa shape index (κ3) is 4.97. The monoisotopic (exact) mass is 402 g/mol. The van der Waals surface area contributed by atoms with E-state index < -0.39 is 29.9 Å². The first-order valence-electron chi connectivity index (χ1n) is 9.99. The lowest BCUT2D eigenvalue weighted by Gasteiger charge is -2.40. The molecule has 0 bridgehead atoms. The summed E-state index contributed by atoms with van der Waals surface area (Å²) in [6.45, 7) is 9.75. The summed E-state index contributed by atoms with van der Waals surface area (Å²) in [7, 11) is 0. The fraction of sp³-hybridized carbons (Fsp3) is 0.545. The van der Waals surface area contributed by atoms with Crippen LogP contribution in [0.5, 0.6) is 0 Å². The molecule has 1 saturated heterocycles. The Morgan fingerprint density at radius 2 is 2.07 bits per heavy atom. The third-order valence-corrected chi connectivity index (χ3v) is 5.22. The minimum absolute atomic E-state index is 0.0277. The highest BCUT2D eigenvalue weighted by molar-refractivity contribution is 5.82. The van der Waals surface area contributed by atoms with Crippen LogP contribution >= 0.6 is 0 Å². The Kier molecular flexibility index (Phi) is 6.29. The molecule has 2 amide bonds. The number of aliphatic hydroxyl groups is 1. The van der Waals surface area contributed by atoms with Gasteiger partial charge in [-0.3, -0.25) is 4.79 Å². The molecule has 29 heavy (non-hydrogen) atoms. The summed E-state index contributed by atoms with van der Waals surface area (Å²) in [5.74, 6) is -0.160. The number of carbonyl (C=O) groups excluding carboxylic acids is 2. The summed E-state index contributed by atoms with van der Waals surface area (Å²) < 4.78 is 10.9. The van der Waals surface area contributed by atoms with Crippen molar-refractivity contribution in [2.75, 3.05) is 13.2 Å². The first-order valence-corrected chi connectivity index (χ1v) is 9.99. The van der Waals surface area contributed by atoms with Crippen LogP contribution in [0.15, 0.2) is 36.9 Å². The quantitative estimate of drug-likeness (QED) is 0.758. The Labute approximate surface area is 171 Å². The van der Waals surface area contributed by atoms with Crippen LogP contribution < -0.4 is 5.32 Å². The molecule has 0 unspecified atom stereocenters. The fourth-order valence-electron chi connectivity index (χ4n) is 3.86. The highest BCUT2D eigenvalue weighted by Gasteiger charge is 2.39. The van der Waals surface area contributed by atoms with Gasteiger partial charge in [0.2, 0.25) is 0 Å². The van der Waals surface area contributed by atoms with Crippen molar-refractivity contribution >= 4 is 12.0 Å². The van der Waals surface area contributed by atoms with Crippen LogP contribution in [0.25, 0.3) is 0 Å². The number of benzene rings is 1. The molecule has 0 radical (unpaired) electrons. The normalized spacial score (nSPS) is 27.0. The van der Waals surface area contributed by atoms with Crippen molar-refractivity contribution in [1.29, 1.82) is 0 Å². The predicted octanol–water partition coefficient (Wildman–Crippen LogP) is 2.34. The number of fused-ring (bicyclic) bond motifs is 1. The van der Waals surface area contributed by atoms with E-state index in [0.29, 0.717) is 6.54 Å². The SMILES string of the molecule is C=C[C@H]1c2ccccc2CCN1C(=O)[C@H]1C[C@@H](NC(=O)OC(C)(C)C)[C@@H](O)CO1. The number of ether oxygens (including phenoxy) is 2. The first-order chi connectivity index (χ1) is 13.7. The molecule has 0 spiro atoms. The van der Waals surface area contributed by atoms with Crippen LogP contribution in [0.3, 0.4) is 0 Å². The summed E-state index contributed by atoms with van der Waals surface area (Å²) >= 11 is 0. The molecule has 4 atom stereocenters. The molecule has 0 saturated carbocycles. The maximum atomic E-state index is 13.2. The van der Waals surface area contributed by atoms with E-state index in [0.717, 1.165) is 12.0 Å². The minimum atomic E-state index is -0.899. The lowest BCUT2D eigenvalue weighted by Crippen LogP contribution is -2.56. The van der Waals surface area contributed by atoms with Gasteiger partial charge >= 0.3 is 6.09 Å². The average molecular weight is 402 g/mol. The maximum Gasteiger partial charge on any atom is 0.407 e. The Hall–Kier alpha value is -2.38. The van der Waals surface area contributed by atoms with Crippen molar-refractivity contribution in [2.24, 2.45) is 0 Å². The number of nitrogens with zero attached hydrogens (tertiary/aromatic N) is 1. The van der Waals surface area contributed by atoms with Gasteiger partial charge in [0.15, 0.2) is 0 Å². The molecule has 7 nitrogen and oxygen atoms in total. The van der Waals surface area contributed by atoms with Gasteiger partial charge in [-0.1, -0.05) is 30.3 Å². The summed E-state index contributed by atoms with van der Waals surface area (Å²) in [5.41, 5.74) is 1.64. The smallest absolute Gasteiger partial charge is 0.407 e. The zero-order valence-corrected chi connectivity index (χ0v) is 17.3. The standard InChI is InChI=1S/C22H30N2O5/c1-5-17-15-9-7-6-8-14(15)10-11-24(17)20(26)19-12-16(18(25)13-28-19)23-21(27)29-22(2,3)4/h5-9,16-19,25H,1,10-13H2,2-4H3,(H,23,27)/t16-,17+,18+,19-/m1/s1. The predicted molar refractivity (Wildman–Crippen MR) is 108 cm³/mol. The number of hydrogen-bond donors (Lipinski definition) is 2. The van der Waals surface area contributed by atoms with Gasteiger partial charge in [-0.2, -0.15) is 0 Å². The van der Waals surface area contributed by atoms with Crippen LogP contribution in [-0.2, 0) is 20.7 Å². The number of hydrogen-bond acceptors (Lipinski definition) is 5. The van der Waals surface area contributed by atoms with Crippen molar-refractivity contribution in [1.82, 2.24) is 10.2 Å². The lowest BCUT2D eigenvalue weighted by molar-refractivity contribution is -0.155. The maximum absolute atomic E-state index is 13.2. The van der Waals surface area contributed by atoms with Crippen LogP contribution in [-0.4, -0.2) is 59.0 Å². The fourth-order valence-corrected chi connectivity index (χ4v) is 3.86. The highest BCUT2D eigenvalue weighted by atomic mass is 16.6. The zero-order valence-electron chi connectivity index (χ0n) is 17.3. The van der Waals surface area contributed by atoms with Crippen LogP contribution in [0.2, 0.25) is 0 Å². The van der Waals surface area contributed by atoms with Gasteiger partial charge in [-0.15, -0.1) is 6.58 Å². The number of alkyl carbamates (subject to hydrolysis) is 1. The summed E-state index contributed by atoms with van der Waals surface area (Å²) in [6, 6.07) is 7.19. The Balaban J connectivity index is 1.69. The second kappa shape index (κ2) is 8.55. The molecule has 1 aromatic carbocycles. The highest BCUT2D eigenvalue weighted by Crippen LogP contribution is 2.32. The van der Waals surface area contributed by atoms with Crippen LogP contribution in [0.1, 0.15) is 44.4 Å². The average Bonchev–Trinajstić information content (AvgIpc) is 2.66. The molecule has 0 aromatic heterocycles. The number of aliphatic hydroxyl groups excluding tert-OH is 1. The Morgan fingerprint density at radius 3 is 2.76 bits per heavy atom. The van der Waals surface area contributed by atoms with Gasteiger partial charge in [-0.05, 0) is 38.3 Å². The van der Waals surface area contributed by atoms with Gasteiger partial charge in [0.1, 0.15) is 11.7 Å². The van der Waals surface area contributed by atoms with E-state index in [-0.39, 0.29) is 25.0 Å². The summed E-state index contributed by atoms with van der Waals surface area (Å²) in [6.07, 6.45) is 0.451. The molecule has 0 aliphatic carbocycles. The van der Waals surface area contributed by atoms with Crippen LogP contribution in [0, 0.1) is 0 Å². The molecule has 1 aromatic rings. The van der Waals surface area contributed by atoms with Gasteiger partial charge < -0.3 is 24.8 Å². The number of nitrogens with one attached hydrogen (secondary N) is 1. The Bertz CT molecular complexity index is 773. The number of carbonyl (C=O) groups is 2. The molecular weight excluding hydrogens is 372 g/mol. The van der Waals surface area contributed by atoms with E-state index in [1.54, 1.807) is 31.7 Å². The van der Waals surface area contributed by atoms with Crippen molar-refractivity contribution in [2.45, 2.75) is 63.5 Å². The number of rotatable bonds is 3. The molecule has 2 aliphatic rings. The molecule has 3 rings (SSSR count). The van der Waals surface area contributed by atoms with Crippen LogP contribution in [0.4, 0.5) is 4.79 Å². The van der Waals surface area contributed by atoms with E-state index >= 15 is 0 Å². The Morgan fingerprint density at radius 1 is 1.34 bits per heavy atom. The van der Waals surface area contributed by atoms with Gasteiger partial charge in [0.05, 0.1) is 24.8 Å². The largest absolute Gasteiger partial charge is 0.444 e. The topological polar surface area (TPSA) is 88.1 Å². The molecule has 7 heteroatoms. The molecule has 2 N–H and O–H groups in total. The summed E-state index contributed by atoms with van der Waals surface area (Å²) in [5, 5.41) is 12.9. The van der Waals surface area contributed by atoms with Gasteiger partial charge in [0.25, 0.3) is 5.91 Å². The van der Waals surface area contributed by atoms with Gasteiger partial charge in [-0.25, -0.2) is 4.79 Å². The van der Waals surface area contributed by atoms with E-state index in [1.807, 2.05) is 18.2 Å². The number of amides is 2. The molecule has 158 valence electrons. The van der Waals surface area contributed by atoms with Crippen molar-refractivity contribution in [3.05, 3.63) is 48.0 Å². The van der Waals surface area contributed by atoms with Gasteiger partial charge in [0, 0.05) is 13.0 Å². The third-order valence-electron chi connectivity index (χ3n) is 5.22. The van der Waals surface area contributed by atoms with E-state index in [4.69, 9.17) is 9.47 Å². The molecule has 2 aliphatic heterocycles. The van der Waals surface area contributed by atoms with E-state index in [1.165, 1.54) is 5.56 Å². The van der Waals surface area contributed by atoms with E-state index in [2.05, 4.69) is 18.0 Å².